The minimum absolute atomic E-state index is 0.0917. The molecular formula is C23H27N3O2. The largest absolute Gasteiger partial charge is 0.447 e. The summed E-state index contributed by atoms with van der Waals surface area (Å²) in [5, 5.41) is 0. The zero-order valence-corrected chi connectivity index (χ0v) is 16.4. The fraction of sp³-hybridized carbons (Fsp3) is 0.565. The molecule has 4 aliphatic heterocycles. The van der Waals surface area contributed by atoms with Crippen molar-refractivity contribution in [2.24, 2.45) is 5.92 Å². The quantitative estimate of drug-likeness (QED) is 0.821. The second-order valence-corrected chi connectivity index (χ2v) is 9.17. The first kappa shape index (κ1) is 16.8. The molecule has 2 bridgehead atoms. The van der Waals surface area contributed by atoms with Crippen molar-refractivity contribution in [2.45, 2.75) is 56.5 Å². The van der Waals surface area contributed by atoms with Crippen molar-refractivity contribution in [3.05, 3.63) is 53.2 Å². The molecule has 0 N–H and O–H groups in total. The maximum Gasteiger partial charge on any atom is 0.276 e. The number of likely N-dealkylation sites (tertiary alicyclic amines) is 1. The standard InChI is InChI=1S/C23H27N3O2/c1-14-2-4-15(5-3-14)18-12-26(20-16-8-10-25(11-9-16)21(18)20)23(27)19-22(17-6-7-17)28-13-24-19/h2-5,13,16-18,20-21H,6-12H2,1H3/t18-,20-,21-/m0/s1. The van der Waals surface area contributed by atoms with E-state index in [0.29, 0.717) is 35.5 Å². The van der Waals surface area contributed by atoms with Crippen LogP contribution in [0.25, 0.3) is 0 Å². The van der Waals surface area contributed by atoms with E-state index in [9.17, 15) is 4.79 Å². The van der Waals surface area contributed by atoms with Crippen LogP contribution in [-0.2, 0) is 0 Å². The highest BCUT2D eigenvalue weighted by Gasteiger charge is 2.55. The number of benzene rings is 1. The first-order chi connectivity index (χ1) is 13.7. The number of fused-ring (bicyclic) bond motifs is 2. The lowest BCUT2D eigenvalue weighted by molar-refractivity contribution is -0.00362. The second kappa shape index (κ2) is 6.18. The van der Waals surface area contributed by atoms with Crippen LogP contribution in [0, 0.1) is 12.8 Å². The molecule has 5 heteroatoms. The van der Waals surface area contributed by atoms with Crippen molar-refractivity contribution in [3.63, 3.8) is 0 Å². The SMILES string of the molecule is Cc1ccc([C@@H]2CN(C(=O)c3ncoc3C3CC3)[C@H]3C4CCN(CC4)[C@@H]23)cc1. The Balaban J connectivity index is 1.37. The van der Waals surface area contributed by atoms with Crippen LogP contribution in [0.2, 0.25) is 0 Å². The first-order valence-corrected chi connectivity index (χ1v) is 10.8. The van der Waals surface area contributed by atoms with Crippen LogP contribution in [0.15, 0.2) is 35.1 Å². The topological polar surface area (TPSA) is 49.6 Å². The predicted molar refractivity (Wildman–Crippen MR) is 105 cm³/mol. The van der Waals surface area contributed by atoms with E-state index in [1.165, 1.54) is 43.5 Å². The van der Waals surface area contributed by atoms with Gasteiger partial charge in [0.15, 0.2) is 12.1 Å². The summed E-state index contributed by atoms with van der Waals surface area (Å²) in [5.74, 6) is 2.31. The molecule has 5 heterocycles. The molecule has 1 aromatic carbocycles. The van der Waals surface area contributed by atoms with Gasteiger partial charge in [-0.3, -0.25) is 9.69 Å². The third kappa shape index (κ3) is 2.48. The number of aryl methyl sites for hydroxylation is 1. The summed E-state index contributed by atoms with van der Waals surface area (Å²) in [6, 6.07) is 9.68. The van der Waals surface area contributed by atoms with E-state index < -0.39 is 0 Å². The van der Waals surface area contributed by atoms with Crippen LogP contribution >= 0.6 is 0 Å². The number of rotatable bonds is 3. The minimum Gasteiger partial charge on any atom is -0.447 e. The highest BCUT2D eigenvalue weighted by Crippen LogP contribution is 2.48. The van der Waals surface area contributed by atoms with Crippen molar-refractivity contribution in [3.8, 4) is 0 Å². The summed E-state index contributed by atoms with van der Waals surface area (Å²) in [7, 11) is 0. The summed E-state index contributed by atoms with van der Waals surface area (Å²) in [5.41, 5.74) is 3.22. The zero-order valence-electron chi connectivity index (χ0n) is 16.4. The van der Waals surface area contributed by atoms with Gasteiger partial charge < -0.3 is 9.32 Å². The van der Waals surface area contributed by atoms with E-state index in [4.69, 9.17) is 4.42 Å². The number of hydrogen-bond donors (Lipinski definition) is 0. The Morgan fingerprint density at radius 1 is 1.07 bits per heavy atom. The Labute approximate surface area is 165 Å². The molecule has 3 atom stereocenters. The summed E-state index contributed by atoms with van der Waals surface area (Å²) >= 11 is 0. The molecule has 0 radical (unpaired) electrons. The molecule has 5 nitrogen and oxygen atoms in total. The number of oxazole rings is 1. The number of carbonyl (C=O) groups excluding carboxylic acids is 1. The molecule has 1 aromatic heterocycles. The van der Waals surface area contributed by atoms with E-state index in [2.05, 4.69) is 46.0 Å². The Bertz CT molecular complexity index is 893. The van der Waals surface area contributed by atoms with Gasteiger partial charge in [0, 0.05) is 24.4 Å². The van der Waals surface area contributed by atoms with Crippen molar-refractivity contribution >= 4 is 5.91 Å². The summed E-state index contributed by atoms with van der Waals surface area (Å²) in [4.78, 5) is 22.8. The average Bonchev–Trinajstić information content (AvgIpc) is 3.30. The third-order valence-electron chi connectivity index (χ3n) is 7.51. The molecule has 4 saturated heterocycles. The predicted octanol–water partition coefficient (Wildman–Crippen LogP) is 3.56. The number of piperidine rings is 3. The molecule has 1 aliphatic carbocycles. The van der Waals surface area contributed by atoms with Crippen LogP contribution in [-0.4, -0.2) is 52.4 Å². The molecule has 1 amide bonds. The van der Waals surface area contributed by atoms with Gasteiger partial charge >= 0.3 is 0 Å². The third-order valence-corrected chi connectivity index (χ3v) is 7.51. The molecule has 7 rings (SSSR count). The molecule has 2 aromatic rings. The van der Waals surface area contributed by atoms with E-state index in [1.807, 2.05) is 0 Å². The van der Waals surface area contributed by atoms with Gasteiger partial charge in [0.05, 0.1) is 6.04 Å². The van der Waals surface area contributed by atoms with Gasteiger partial charge in [-0.05, 0) is 57.2 Å². The number of hydrogen-bond acceptors (Lipinski definition) is 4. The van der Waals surface area contributed by atoms with Gasteiger partial charge in [0.25, 0.3) is 5.91 Å². The molecule has 5 aliphatic rings. The number of carbonyl (C=O) groups is 1. The Morgan fingerprint density at radius 3 is 2.54 bits per heavy atom. The molecule has 28 heavy (non-hydrogen) atoms. The van der Waals surface area contributed by atoms with Crippen molar-refractivity contribution in [2.75, 3.05) is 19.6 Å². The maximum absolute atomic E-state index is 13.6. The van der Waals surface area contributed by atoms with E-state index in [1.54, 1.807) is 0 Å². The van der Waals surface area contributed by atoms with Gasteiger partial charge in [-0.2, -0.15) is 0 Å². The zero-order chi connectivity index (χ0) is 18.8. The molecule has 0 spiro atoms. The van der Waals surface area contributed by atoms with Gasteiger partial charge in [0.1, 0.15) is 5.76 Å². The highest BCUT2D eigenvalue weighted by molar-refractivity contribution is 5.94. The van der Waals surface area contributed by atoms with Gasteiger partial charge in [-0.15, -0.1) is 0 Å². The molecule has 1 saturated carbocycles. The van der Waals surface area contributed by atoms with Crippen LogP contribution in [0.1, 0.15) is 64.9 Å². The minimum atomic E-state index is 0.0917. The van der Waals surface area contributed by atoms with Crippen LogP contribution in [0.4, 0.5) is 0 Å². The van der Waals surface area contributed by atoms with Crippen molar-refractivity contribution in [1.82, 2.24) is 14.8 Å². The van der Waals surface area contributed by atoms with Crippen molar-refractivity contribution in [1.29, 1.82) is 0 Å². The number of amides is 1. The summed E-state index contributed by atoms with van der Waals surface area (Å²) in [6.07, 6.45) is 6.11. The van der Waals surface area contributed by atoms with Gasteiger partial charge in [-0.25, -0.2) is 4.98 Å². The van der Waals surface area contributed by atoms with Crippen molar-refractivity contribution < 1.29 is 9.21 Å². The lowest BCUT2D eigenvalue weighted by Crippen LogP contribution is -2.60. The maximum atomic E-state index is 13.6. The average molecular weight is 377 g/mol. The lowest BCUT2D eigenvalue weighted by atomic mass is 9.75. The lowest BCUT2D eigenvalue weighted by Gasteiger charge is -2.51. The van der Waals surface area contributed by atoms with Crippen LogP contribution < -0.4 is 0 Å². The smallest absolute Gasteiger partial charge is 0.276 e. The number of nitrogens with zero attached hydrogens (tertiary/aromatic N) is 3. The summed E-state index contributed by atoms with van der Waals surface area (Å²) in [6.45, 7) is 5.27. The molecular weight excluding hydrogens is 350 g/mol. The monoisotopic (exact) mass is 377 g/mol. The Kier molecular flexibility index (Phi) is 3.70. The fourth-order valence-electron chi connectivity index (χ4n) is 5.95. The molecule has 0 unspecified atom stereocenters. The van der Waals surface area contributed by atoms with Gasteiger partial charge in [-0.1, -0.05) is 29.8 Å². The van der Waals surface area contributed by atoms with E-state index in [0.717, 1.165) is 25.1 Å². The molecule has 146 valence electrons. The molecule has 5 fully saturated rings. The fourth-order valence-corrected chi connectivity index (χ4v) is 5.95. The number of aromatic nitrogens is 1. The van der Waals surface area contributed by atoms with Crippen LogP contribution in [0.3, 0.4) is 0 Å². The summed E-state index contributed by atoms with van der Waals surface area (Å²) < 4.78 is 5.62. The first-order valence-electron chi connectivity index (χ1n) is 10.8. The van der Waals surface area contributed by atoms with E-state index in [-0.39, 0.29) is 5.91 Å². The highest BCUT2D eigenvalue weighted by atomic mass is 16.3. The second-order valence-electron chi connectivity index (χ2n) is 9.17. The Morgan fingerprint density at radius 2 is 1.82 bits per heavy atom. The van der Waals surface area contributed by atoms with E-state index >= 15 is 0 Å². The Hall–Kier alpha value is -2.14. The van der Waals surface area contributed by atoms with Gasteiger partial charge in [0.2, 0.25) is 0 Å². The van der Waals surface area contributed by atoms with Crippen LogP contribution in [0.5, 0.6) is 0 Å². The normalized spacial score (nSPS) is 33.9.